The Morgan fingerprint density at radius 3 is 2.79 bits per heavy atom. The van der Waals surface area contributed by atoms with Crippen LogP contribution in [-0.4, -0.2) is 22.1 Å². The van der Waals surface area contributed by atoms with Crippen LogP contribution in [0.5, 0.6) is 0 Å². The summed E-state index contributed by atoms with van der Waals surface area (Å²) in [5, 5.41) is 4.26. The summed E-state index contributed by atoms with van der Waals surface area (Å²) in [4.78, 5) is 12.9. The van der Waals surface area contributed by atoms with E-state index in [0.29, 0.717) is 12.5 Å². The lowest BCUT2D eigenvalue weighted by molar-refractivity contribution is 0.0683. The summed E-state index contributed by atoms with van der Waals surface area (Å²) in [6.45, 7) is 5.60. The second-order valence-electron chi connectivity index (χ2n) is 5.94. The Balaban J connectivity index is 2.23. The quantitative estimate of drug-likeness (QED) is 0.831. The number of Topliss-reactive ketones (excluding diaryl/α,β-unsaturated/α-hetero) is 1. The summed E-state index contributed by atoms with van der Waals surface area (Å²) in [7, 11) is 0. The highest BCUT2D eigenvalue weighted by molar-refractivity contribution is 5.99. The second-order valence-corrected chi connectivity index (χ2v) is 5.94. The lowest BCUT2D eigenvalue weighted by atomic mass is 9.67. The van der Waals surface area contributed by atoms with E-state index in [2.05, 4.69) is 18.9 Å². The fourth-order valence-electron chi connectivity index (χ4n) is 3.03. The summed E-state index contributed by atoms with van der Waals surface area (Å²) >= 11 is 0. The van der Waals surface area contributed by atoms with Gasteiger partial charge < -0.3 is 5.73 Å². The highest BCUT2D eigenvalue weighted by atomic mass is 16.1. The molecule has 0 radical (unpaired) electrons. The first-order valence-corrected chi connectivity index (χ1v) is 7.39. The van der Waals surface area contributed by atoms with E-state index >= 15 is 0 Å². The van der Waals surface area contributed by atoms with Gasteiger partial charge in [-0.1, -0.05) is 13.8 Å². The topological polar surface area (TPSA) is 60.9 Å². The van der Waals surface area contributed by atoms with Crippen molar-refractivity contribution in [2.45, 2.75) is 52.5 Å². The first kappa shape index (κ1) is 14.3. The first-order chi connectivity index (χ1) is 9.13. The van der Waals surface area contributed by atoms with E-state index in [1.165, 1.54) is 0 Å². The zero-order valence-electron chi connectivity index (χ0n) is 12.1. The van der Waals surface area contributed by atoms with E-state index in [9.17, 15) is 4.79 Å². The van der Waals surface area contributed by atoms with Crippen LogP contribution >= 0.6 is 0 Å². The number of aromatic nitrogens is 2. The predicted molar refractivity (Wildman–Crippen MR) is 76.0 cm³/mol. The van der Waals surface area contributed by atoms with E-state index in [1.54, 1.807) is 6.20 Å². The van der Waals surface area contributed by atoms with Gasteiger partial charge in [0, 0.05) is 24.7 Å². The van der Waals surface area contributed by atoms with Crippen molar-refractivity contribution >= 4 is 5.78 Å². The van der Waals surface area contributed by atoms with Gasteiger partial charge in [-0.25, -0.2) is 0 Å². The van der Waals surface area contributed by atoms with Crippen LogP contribution in [0.3, 0.4) is 0 Å². The van der Waals surface area contributed by atoms with Crippen LogP contribution in [0.15, 0.2) is 12.3 Å². The molecule has 1 aromatic heterocycles. The average Bonchev–Trinajstić information content (AvgIpc) is 2.88. The molecule has 1 fully saturated rings. The summed E-state index contributed by atoms with van der Waals surface area (Å²) in [5.74, 6) is 0.917. The highest BCUT2D eigenvalue weighted by Crippen LogP contribution is 2.40. The van der Waals surface area contributed by atoms with Crippen LogP contribution in [0.25, 0.3) is 0 Å². The van der Waals surface area contributed by atoms with Crippen molar-refractivity contribution in [3.05, 3.63) is 18.0 Å². The minimum atomic E-state index is -0.349. The van der Waals surface area contributed by atoms with Gasteiger partial charge in [-0.15, -0.1) is 0 Å². The Morgan fingerprint density at radius 1 is 1.53 bits per heavy atom. The molecule has 0 bridgehead atoms. The minimum absolute atomic E-state index is 0.202. The fraction of sp³-hybridized carbons (Fsp3) is 0.733. The van der Waals surface area contributed by atoms with Gasteiger partial charge in [-0.05, 0) is 44.1 Å². The molecule has 106 valence electrons. The van der Waals surface area contributed by atoms with Gasteiger partial charge in [0.25, 0.3) is 0 Å². The predicted octanol–water partition coefficient (Wildman–Crippen LogP) is 2.63. The molecule has 1 heterocycles. The average molecular weight is 263 g/mol. The molecule has 0 amide bonds. The maximum absolute atomic E-state index is 12.9. The number of carbonyl (C=O) groups excluding carboxylic acids is 1. The van der Waals surface area contributed by atoms with Crippen molar-refractivity contribution in [2.75, 3.05) is 6.54 Å². The van der Waals surface area contributed by atoms with Crippen molar-refractivity contribution in [3.63, 3.8) is 0 Å². The molecule has 1 aliphatic carbocycles. The summed E-state index contributed by atoms with van der Waals surface area (Å²) < 4.78 is 1.83. The molecule has 0 saturated heterocycles. The summed E-state index contributed by atoms with van der Waals surface area (Å²) in [6, 6.07) is 1.84. The Bertz CT molecular complexity index is 430. The lowest BCUT2D eigenvalue weighted by Crippen LogP contribution is -2.42. The van der Waals surface area contributed by atoms with Gasteiger partial charge in [0.05, 0.1) is 0 Å². The fourth-order valence-corrected chi connectivity index (χ4v) is 3.03. The molecular formula is C15H25N3O. The van der Waals surface area contributed by atoms with E-state index in [1.807, 2.05) is 10.7 Å². The van der Waals surface area contributed by atoms with Crippen LogP contribution in [-0.2, 0) is 6.54 Å². The molecule has 0 aliphatic heterocycles. The van der Waals surface area contributed by atoms with Crippen LogP contribution in [0.2, 0.25) is 0 Å². The molecule has 4 nitrogen and oxygen atoms in total. The van der Waals surface area contributed by atoms with Gasteiger partial charge in [0.2, 0.25) is 0 Å². The Morgan fingerprint density at radius 2 is 2.21 bits per heavy atom. The van der Waals surface area contributed by atoms with Gasteiger partial charge in [0.15, 0.2) is 5.78 Å². The molecule has 0 aromatic carbocycles. The zero-order valence-corrected chi connectivity index (χ0v) is 12.1. The standard InChI is InChI=1S/C15H25N3O/c1-3-10-18-13(6-9-17-18)14(19)15(11-16)7-4-12(2)5-8-15/h6,9,12H,3-5,7-8,10-11,16H2,1-2H3. The number of carbonyl (C=O) groups is 1. The molecule has 1 aliphatic rings. The molecule has 2 rings (SSSR count). The summed E-state index contributed by atoms with van der Waals surface area (Å²) in [5.41, 5.74) is 6.35. The monoisotopic (exact) mass is 263 g/mol. The molecule has 1 aromatic rings. The molecular weight excluding hydrogens is 238 g/mol. The Kier molecular flexibility index (Phi) is 4.40. The Hall–Kier alpha value is -1.16. The van der Waals surface area contributed by atoms with E-state index < -0.39 is 0 Å². The number of nitrogens with two attached hydrogens (primary N) is 1. The van der Waals surface area contributed by atoms with Crippen molar-refractivity contribution in [2.24, 2.45) is 17.1 Å². The number of hydrogen-bond donors (Lipinski definition) is 1. The molecule has 1 saturated carbocycles. The third kappa shape index (κ3) is 2.73. The highest BCUT2D eigenvalue weighted by Gasteiger charge is 2.41. The molecule has 0 unspecified atom stereocenters. The van der Waals surface area contributed by atoms with Gasteiger partial charge in [-0.2, -0.15) is 5.10 Å². The zero-order chi connectivity index (χ0) is 13.9. The number of hydrogen-bond acceptors (Lipinski definition) is 3. The molecule has 19 heavy (non-hydrogen) atoms. The number of aryl methyl sites for hydroxylation is 1. The van der Waals surface area contributed by atoms with Crippen molar-refractivity contribution in [1.29, 1.82) is 0 Å². The first-order valence-electron chi connectivity index (χ1n) is 7.39. The van der Waals surface area contributed by atoms with Gasteiger partial charge >= 0.3 is 0 Å². The van der Waals surface area contributed by atoms with Gasteiger partial charge in [0.1, 0.15) is 5.69 Å². The van der Waals surface area contributed by atoms with E-state index in [4.69, 9.17) is 5.73 Å². The number of rotatable bonds is 5. The van der Waals surface area contributed by atoms with E-state index in [0.717, 1.165) is 44.3 Å². The van der Waals surface area contributed by atoms with E-state index in [-0.39, 0.29) is 11.2 Å². The maximum atomic E-state index is 12.9. The minimum Gasteiger partial charge on any atom is -0.329 e. The third-order valence-electron chi connectivity index (χ3n) is 4.49. The molecule has 4 heteroatoms. The van der Waals surface area contributed by atoms with Gasteiger partial charge in [-0.3, -0.25) is 9.48 Å². The maximum Gasteiger partial charge on any atom is 0.188 e. The van der Waals surface area contributed by atoms with Crippen LogP contribution < -0.4 is 5.73 Å². The normalized spacial score (nSPS) is 27.4. The smallest absolute Gasteiger partial charge is 0.188 e. The molecule has 0 spiro atoms. The van der Waals surface area contributed by atoms with Crippen LogP contribution in [0.4, 0.5) is 0 Å². The largest absolute Gasteiger partial charge is 0.329 e. The Labute approximate surface area is 115 Å². The lowest BCUT2D eigenvalue weighted by Gasteiger charge is -2.37. The van der Waals surface area contributed by atoms with Crippen LogP contribution in [0.1, 0.15) is 56.4 Å². The number of ketones is 1. The van der Waals surface area contributed by atoms with Crippen molar-refractivity contribution < 1.29 is 4.79 Å². The third-order valence-corrected chi connectivity index (χ3v) is 4.49. The molecule has 2 N–H and O–H groups in total. The summed E-state index contributed by atoms with van der Waals surface area (Å²) in [6.07, 6.45) is 6.74. The van der Waals surface area contributed by atoms with Crippen molar-refractivity contribution in [1.82, 2.24) is 9.78 Å². The van der Waals surface area contributed by atoms with Crippen molar-refractivity contribution in [3.8, 4) is 0 Å². The van der Waals surface area contributed by atoms with Crippen LogP contribution in [0, 0.1) is 11.3 Å². The number of nitrogens with zero attached hydrogens (tertiary/aromatic N) is 2. The molecule has 0 atom stereocenters. The SMILES string of the molecule is CCCn1nccc1C(=O)C1(CN)CCC(C)CC1. The second kappa shape index (κ2) is 5.87.